The fourth-order valence-electron chi connectivity index (χ4n) is 2.72. The number of halogens is 2. The maximum atomic E-state index is 14.0. The number of carbonyl (C=O) groups is 1. The maximum absolute atomic E-state index is 14.0. The first-order chi connectivity index (χ1) is 10.5. The predicted molar refractivity (Wildman–Crippen MR) is 74.0 cm³/mol. The molecule has 0 bridgehead atoms. The monoisotopic (exact) mass is 307 g/mol. The Morgan fingerprint density at radius 1 is 1.32 bits per heavy atom. The number of amides is 1. The Morgan fingerprint density at radius 3 is 2.68 bits per heavy atom. The van der Waals surface area contributed by atoms with E-state index in [1.165, 1.54) is 24.7 Å². The number of aliphatic hydroxyl groups is 1. The van der Waals surface area contributed by atoms with Crippen molar-refractivity contribution in [1.29, 1.82) is 0 Å². The first-order valence-electron chi connectivity index (χ1n) is 7.00. The van der Waals surface area contributed by atoms with Gasteiger partial charge < -0.3 is 14.8 Å². The van der Waals surface area contributed by atoms with E-state index in [1.54, 1.807) is 0 Å². The number of rotatable bonds is 4. The maximum Gasteiger partial charge on any atom is 0.255 e. The summed E-state index contributed by atoms with van der Waals surface area (Å²) in [7, 11) is 0. The highest BCUT2D eigenvalue weighted by molar-refractivity contribution is 5.94. The van der Waals surface area contributed by atoms with Crippen molar-refractivity contribution < 1.29 is 23.1 Å². The van der Waals surface area contributed by atoms with Crippen LogP contribution in [0.15, 0.2) is 41.2 Å². The molecule has 3 rings (SSSR count). The minimum Gasteiger partial charge on any atom is -0.472 e. The molecule has 2 N–H and O–H groups in total. The van der Waals surface area contributed by atoms with Crippen LogP contribution in [0, 0.1) is 17.6 Å². The molecular formula is C16H15F2NO3. The standard InChI is InChI=1S/C16H15F2NO3/c17-11-1-2-13(14(18)7-11)15(10-5-12(20)6-10)19-16(21)9-3-4-22-8-9/h1-4,7-8,10,12,15,20H,5-6H2,(H,19,21)/t10?,12?,15-/m0/s1. The van der Waals surface area contributed by atoms with Gasteiger partial charge in [0.1, 0.15) is 17.9 Å². The summed E-state index contributed by atoms with van der Waals surface area (Å²) in [6.45, 7) is 0. The van der Waals surface area contributed by atoms with Crippen LogP contribution in [-0.4, -0.2) is 17.1 Å². The van der Waals surface area contributed by atoms with Gasteiger partial charge in [-0.1, -0.05) is 6.07 Å². The lowest BCUT2D eigenvalue weighted by Crippen LogP contribution is -2.41. The van der Waals surface area contributed by atoms with Crippen LogP contribution in [-0.2, 0) is 0 Å². The van der Waals surface area contributed by atoms with Crippen molar-refractivity contribution in [2.45, 2.75) is 25.0 Å². The van der Waals surface area contributed by atoms with Gasteiger partial charge in [-0.25, -0.2) is 8.78 Å². The number of nitrogens with one attached hydrogen (secondary N) is 1. The molecule has 1 atom stereocenters. The molecule has 1 aliphatic carbocycles. The molecular weight excluding hydrogens is 292 g/mol. The summed E-state index contributed by atoms with van der Waals surface area (Å²) < 4.78 is 32.0. The first kappa shape index (κ1) is 14.7. The van der Waals surface area contributed by atoms with E-state index in [-0.39, 0.29) is 11.5 Å². The summed E-state index contributed by atoms with van der Waals surface area (Å²) in [5, 5.41) is 12.2. The molecule has 1 aromatic carbocycles. The second-order valence-electron chi connectivity index (χ2n) is 5.51. The second kappa shape index (κ2) is 5.88. The quantitative estimate of drug-likeness (QED) is 0.913. The Kier molecular flexibility index (Phi) is 3.94. The van der Waals surface area contributed by atoms with Crippen molar-refractivity contribution in [1.82, 2.24) is 5.32 Å². The highest BCUT2D eigenvalue weighted by Gasteiger charge is 2.37. The van der Waals surface area contributed by atoms with Crippen LogP contribution in [0.4, 0.5) is 8.78 Å². The average molecular weight is 307 g/mol. The minimum absolute atomic E-state index is 0.0918. The molecule has 0 spiro atoms. The van der Waals surface area contributed by atoms with E-state index in [9.17, 15) is 18.7 Å². The van der Waals surface area contributed by atoms with Crippen LogP contribution in [0.1, 0.15) is 34.8 Å². The average Bonchev–Trinajstić information content (AvgIpc) is 2.96. The van der Waals surface area contributed by atoms with Crippen molar-refractivity contribution in [3.05, 3.63) is 59.6 Å². The number of hydrogen-bond donors (Lipinski definition) is 2. The third kappa shape index (κ3) is 2.87. The smallest absolute Gasteiger partial charge is 0.255 e. The van der Waals surface area contributed by atoms with E-state index < -0.39 is 29.7 Å². The molecule has 2 aromatic rings. The molecule has 22 heavy (non-hydrogen) atoms. The van der Waals surface area contributed by atoms with Gasteiger partial charge in [0, 0.05) is 11.6 Å². The summed E-state index contributed by atoms with van der Waals surface area (Å²) >= 11 is 0. The van der Waals surface area contributed by atoms with Crippen molar-refractivity contribution in [3.63, 3.8) is 0 Å². The molecule has 1 aliphatic rings. The van der Waals surface area contributed by atoms with Crippen LogP contribution in [0.5, 0.6) is 0 Å². The normalized spacial score (nSPS) is 22.0. The molecule has 1 aromatic heterocycles. The molecule has 1 heterocycles. The fraction of sp³-hybridized carbons (Fsp3) is 0.312. The Hall–Kier alpha value is -2.21. The van der Waals surface area contributed by atoms with E-state index in [0.29, 0.717) is 18.4 Å². The van der Waals surface area contributed by atoms with Gasteiger partial charge in [0.05, 0.1) is 24.0 Å². The summed E-state index contributed by atoms with van der Waals surface area (Å²) in [6, 6.07) is 4.16. The van der Waals surface area contributed by atoms with Gasteiger partial charge in [-0.15, -0.1) is 0 Å². The number of aliphatic hydroxyl groups excluding tert-OH is 1. The molecule has 116 valence electrons. The predicted octanol–water partition coefficient (Wildman–Crippen LogP) is 2.80. The molecule has 1 fully saturated rings. The number of hydrogen-bond acceptors (Lipinski definition) is 3. The van der Waals surface area contributed by atoms with Gasteiger partial charge >= 0.3 is 0 Å². The molecule has 4 nitrogen and oxygen atoms in total. The minimum atomic E-state index is -0.709. The van der Waals surface area contributed by atoms with E-state index in [0.717, 1.165) is 12.1 Å². The summed E-state index contributed by atoms with van der Waals surface area (Å²) in [5.41, 5.74) is 0.544. The zero-order chi connectivity index (χ0) is 15.7. The van der Waals surface area contributed by atoms with E-state index in [2.05, 4.69) is 5.32 Å². The van der Waals surface area contributed by atoms with Crippen LogP contribution in [0.3, 0.4) is 0 Å². The molecule has 0 aliphatic heterocycles. The topological polar surface area (TPSA) is 62.5 Å². The number of furan rings is 1. The Labute approximate surface area is 125 Å². The molecule has 1 saturated carbocycles. The largest absolute Gasteiger partial charge is 0.472 e. The lowest BCUT2D eigenvalue weighted by molar-refractivity contribution is 0.0229. The highest BCUT2D eigenvalue weighted by Crippen LogP contribution is 2.39. The molecule has 6 heteroatoms. The summed E-state index contributed by atoms with van der Waals surface area (Å²) in [4.78, 5) is 12.2. The molecule has 0 unspecified atom stereocenters. The van der Waals surface area contributed by atoms with Crippen LogP contribution < -0.4 is 5.32 Å². The SMILES string of the molecule is O=C(N[C@H](c1ccc(F)cc1F)C1CC(O)C1)c1ccoc1. The van der Waals surface area contributed by atoms with Gasteiger partial charge in [-0.2, -0.15) is 0 Å². The van der Waals surface area contributed by atoms with E-state index >= 15 is 0 Å². The Balaban J connectivity index is 1.85. The van der Waals surface area contributed by atoms with Crippen molar-refractivity contribution in [3.8, 4) is 0 Å². The Morgan fingerprint density at radius 2 is 2.09 bits per heavy atom. The zero-order valence-electron chi connectivity index (χ0n) is 11.6. The Bertz CT molecular complexity index is 666. The van der Waals surface area contributed by atoms with Crippen LogP contribution in [0.2, 0.25) is 0 Å². The van der Waals surface area contributed by atoms with Crippen LogP contribution in [0.25, 0.3) is 0 Å². The van der Waals surface area contributed by atoms with E-state index in [4.69, 9.17) is 4.42 Å². The molecule has 1 amide bonds. The fourth-order valence-corrected chi connectivity index (χ4v) is 2.72. The third-order valence-corrected chi connectivity index (χ3v) is 3.99. The second-order valence-corrected chi connectivity index (χ2v) is 5.51. The highest BCUT2D eigenvalue weighted by atomic mass is 19.1. The lowest BCUT2D eigenvalue weighted by Gasteiger charge is -2.38. The summed E-state index contributed by atoms with van der Waals surface area (Å²) in [5.74, 6) is -1.87. The third-order valence-electron chi connectivity index (χ3n) is 3.99. The van der Waals surface area contributed by atoms with Gasteiger partial charge in [-0.3, -0.25) is 4.79 Å². The first-order valence-corrected chi connectivity index (χ1v) is 7.00. The van der Waals surface area contributed by atoms with Gasteiger partial charge in [0.15, 0.2) is 0 Å². The van der Waals surface area contributed by atoms with Crippen molar-refractivity contribution in [2.75, 3.05) is 0 Å². The zero-order valence-corrected chi connectivity index (χ0v) is 11.6. The summed E-state index contributed by atoms with van der Waals surface area (Å²) in [6.07, 6.45) is 3.15. The lowest BCUT2D eigenvalue weighted by atomic mass is 9.75. The molecule has 0 radical (unpaired) electrons. The number of benzene rings is 1. The van der Waals surface area contributed by atoms with Gasteiger partial charge in [0.25, 0.3) is 5.91 Å². The number of carbonyl (C=O) groups excluding carboxylic acids is 1. The molecule has 0 saturated heterocycles. The van der Waals surface area contributed by atoms with Crippen molar-refractivity contribution >= 4 is 5.91 Å². The van der Waals surface area contributed by atoms with Crippen molar-refractivity contribution in [2.24, 2.45) is 5.92 Å². The van der Waals surface area contributed by atoms with E-state index in [1.807, 2.05) is 0 Å². The van der Waals surface area contributed by atoms with Gasteiger partial charge in [0.2, 0.25) is 0 Å². The van der Waals surface area contributed by atoms with Crippen LogP contribution >= 0.6 is 0 Å². The van der Waals surface area contributed by atoms with Gasteiger partial charge in [-0.05, 0) is 30.9 Å².